The van der Waals surface area contributed by atoms with E-state index in [1.54, 1.807) is 43.0 Å². The molecule has 4 nitrogen and oxygen atoms in total. The first kappa shape index (κ1) is 15.8. The van der Waals surface area contributed by atoms with Gasteiger partial charge in [-0.05, 0) is 47.0 Å². The summed E-state index contributed by atoms with van der Waals surface area (Å²) >= 11 is 0. The third-order valence-corrected chi connectivity index (χ3v) is 3.64. The summed E-state index contributed by atoms with van der Waals surface area (Å²) in [6, 6.07) is 13.1. The van der Waals surface area contributed by atoms with Gasteiger partial charge in [0, 0.05) is 24.8 Å². The molecule has 0 aliphatic carbocycles. The molecule has 1 aromatic carbocycles. The monoisotopic (exact) mass is 321 g/mol. The first-order valence-corrected chi connectivity index (χ1v) is 7.56. The third kappa shape index (κ3) is 4.01. The molecule has 0 radical (unpaired) electrons. The highest BCUT2D eigenvalue weighted by Gasteiger charge is 2.17. The van der Waals surface area contributed by atoms with Crippen LogP contribution >= 0.6 is 0 Å². The van der Waals surface area contributed by atoms with Crippen LogP contribution < -0.4 is 5.32 Å². The predicted octanol–water partition coefficient (Wildman–Crippen LogP) is 3.06. The molecule has 0 bridgehead atoms. The van der Waals surface area contributed by atoms with Crippen LogP contribution in [0.25, 0.3) is 0 Å². The van der Waals surface area contributed by atoms with Crippen LogP contribution in [0.2, 0.25) is 0 Å². The Hall–Kier alpha value is -3.08. The molecule has 2 aromatic heterocycles. The van der Waals surface area contributed by atoms with Crippen LogP contribution in [0.15, 0.2) is 73.3 Å². The average molecular weight is 321 g/mol. The number of amides is 1. The first-order valence-electron chi connectivity index (χ1n) is 7.56. The maximum Gasteiger partial charge on any atom is 0.225 e. The summed E-state index contributed by atoms with van der Waals surface area (Å²) in [4.78, 5) is 20.4. The van der Waals surface area contributed by atoms with Crippen LogP contribution in [0.5, 0.6) is 0 Å². The lowest BCUT2D eigenvalue weighted by molar-refractivity contribution is -0.120. The van der Waals surface area contributed by atoms with Crippen LogP contribution in [0.1, 0.15) is 22.7 Å². The second kappa shape index (κ2) is 7.46. The molecule has 0 unspecified atom stereocenters. The molecule has 1 N–H and O–H groups in total. The SMILES string of the molecule is O=C(Cc1cccnc1)N[C@H](c1ccncc1)c1ccc(F)cc1. The van der Waals surface area contributed by atoms with Gasteiger partial charge in [-0.3, -0.25) is 14.8 Å². The highest BCUT2D eigenvalue weighted by Crippen LogP contribution is 2.22. The van der Waals surface area contributed by atoms with Gasteiger partial charge >= 0.3 is 0 Å². The largest absolute Gasteiger partial charge is 0.345 e. The zero-order valence-corrected chi connectivity index (χ0v) is 12.9. The lowest BCUT2D eigenvalue weighted by Crippen LogP contribution is -2.30. The van der Waals surface area contributed by atoms with Gasteiger partial charge < -0.3 is 5.32 Å². The number of carbonyl (C=O) groups excluding carboxylic acids is 1. The summed E-state index contributed by atoms with van der Waals surface area (Å²) in [6.07, 6.45) is 6.90. The Labute approximate surface area is 139 Å². The van der Waals surface area contributed by atoms with Gasteiger partial charge in [0.2, 0.25) is 5.91 Å². The van der Waals surface area contributed by atoms with Crippen LogP contribution in [0.4, 0.5) is 4.39 Å². The molecule has 2 heterocycles. The number of benzene rings is 1. The van der Waals surface area contributed by atoms with E-state index in [-0.39, 0.29) is 24.2 Å². The molecule has 1 amide bonds. The Kier molecular flexibility index (Phi) is 4.91. The fourth-order valence-corrected chi connectivity index (χ4v) is 2.47. The number of nitrogens with one attached hydrogen (secondary N) is 1. The molecule has 0 saturated carbocycles. The van der Waals surface area contributed by atoms with Crippen molar-refractivity contribution >= 4 is 5.91 Å². The van der Waals surface area contributed by atoms with Crippen molar-refractivity contribution in [3.63, 3.8) is 0 Å². The van der Waals surface area contributed by atoms with Crippen LogP contribution in [0, 0.1) is 5.82 Å². The van der Waals surface area contributed by atoms with E-state index in [2.05, 4.69) is 15.3 Å². The fourth-order valence-electron chi connectivity index (χ4n) is 2.47. The summed E-state index contributed by atoms with van der Waals surface area (Å²) in [5.41, 5.74) is 2.53. The molecule has 0 fully saturated rings. The van der Waals surface area contributed by atoms with Gasteiger partial charge in [0.1, 0.15) is 5.82 Å². The predicted molar refractivity (Wildman–Crippen MR) is 88.6 cm³/mol. The van der Waals surface area contributed by atoms with E-state index >= 15 is 0 Å². The first-order chi connectivity index (χ1) is 11.7. The van der Waals surface area contributed by atoms with E-state index in [9.17, 15) is 9.18 Å². The number of rotatable bonds is 5. The van der Waals surface area contributed by atoms with Gasteiger partial charge in [0.15, 0.2) is 0 Å². The van der Waals surface area contributed by atoms with Crippen molar-refractivity contribution in [2.24, 2.45) is 0 Å². The molecular formula is C19H16FN3O. The number of hydrogen-bond donors (Lipinski definition) is 1. The second-order valence-electron chi connectivity index (χ2n) is 5.37. The smallest absolute Gasteiger partial charge is 0.225 e. The molecule has 0 saturated heterocycles. The van der Waals surface area contributed by atoms with Gasteiger partial charge in [-0.25, -0.2) is 4.39 Å². The van der Waals surface area contributed by atoms with Crippen molar-refractivity contribution in [2.75, 3.05) is 0 Å². The standard InChI is InChI=1S/C19H16FN3O/c20-17-5-3-15(4-6-17)19(16-7-10-21-11-8-16)23-18(24)12-14-2-1-9-22-13-14/h1-11,13,19H,12H2,(H,23,24)/t19-/m0/s1. The zero-order valence-electron chi connectivity index (χ0n) is 12.9. The third-order valence-electron chi connectivity index (χ3n) is 3.64. The Balaban J connectivity index is 1.82. The summed E-state index contributed by atoms with van der Waals surface area (Å²) in [6.45, 7) is 0. The molecular weight excluding hydrogens is 305 g/mol. The maximum atomic E-state index is 13.2. The van der Waals surface area contributed by atoms with Crippen molar-refractivity contribution in [2.45, 2.75) is 12.5 Å². The number of halogens is 1. The molecule has 0 aliphatic rings. The number of aromatic nitrogens is 2. The van der Waals surface area contributed by atoms with Crippen molar-refractivity contribution in [3.8, 4) is 0 Å². The minimum Gasteiger partial charge on any atom is -0.345 e. The Morgan fingerprint density at radius 2 is 1.67 bits per heavy atom. The average Bonchev–Trinajstić information content (AvgIpc) is 2.62. The van der Waals surface area contributed by atoms with E-state index in [1.165, 1.54) is 12.1 Å². The lowest BCUT2D eigenvalue weighted by Gasteiger charge is -2.20. The molecule has 5 heteroatoms. The number of pyridine rings is 2. The van der Waals surface area contributed by atoms with Gasteiger partial charge in [-0.1, -0.05) is 18.2 Å². The van der Waals surface area contributed by atoms with E-state index in [0.29, 0.717) is 0 Å². The number of nitrogens with zero attached hydrogens (tertiary/aromatic N) is 2. The molecule has 120 valence electrons. The molecule has 3 rings (SSSR count). The molecule has 0 aliphatic heterocycles. The van der Waals surface area contributed by atoms with Gasteiger partial charge in [-0.15, -0.1) is 0 Å². The number of hydrogen-bond acceptors (Lipinski definition) is 3. The molecule has 0 spiro atoms. The summed E-state index contributed by atoms with van der Waals surface area (Å²) in [7, 11) is 0. The number of carbonyl (C=O) groups is 1. The van der Waals surface area contributed by atoms with Crippen molar-refractivity contribution < 1.29 is 9.18 Å². The van der Waals surface area contributed by atoms with E-state index < -0.39 is 0 Å². The Morgan fingerprint density at radius 1 is 0.958 bits per heavy atom. The minimum atomic E-state index is -0.363. The summed E-state index contributed by atoms with van der Waals surface area (Å²) < 4.78 is 13.2. The van der Waals surface area contributed by atoms with E-state index in [0.717, 1.165) is 16.7 Å². The second-order valence-corrected chi connectivity index (χ2v) is 5.37. The zero-order chi connectivity index (χ0) is 16.8. The van der Waals surface area contributed by atoms with Gasteiger partial charge in [0.25, 0.3) is 0 Å². The van der Waals surface area contributed by atoms with Crippen LogP contribution in [0.3, 0.4) is 0 Å². The molecule has 24 heavy (non-hydrogen) atoms. The normalized spacial score (nSPS) is 11.7. The topological polar surface area (TPSA) is 54.9 Å². The van der Waals surface area contributed by atoms with Crippen LogP contribution in [-0.2, 0) is 11.2 Å². The minimum absolute atomic E-state index is 0.130. The van der Waals surface area contributed by atoms with Crippen molar-refractivity contribution in [1.82, 2.24) is 15.3 Å². The van der Waals surface area contributed by atoms with Crippen LogP contribution in [-0.4, -0.2) is 15.9 Å². The van der Waals surface area contributed by atoms with Gasteiger partial charge in [0.05, 0.1) is 12.5 Å². The summed E-state index contributed by atoms with van der Waals surface area (Å²) in [5.74, 6) is -0.442. The van der Waals surface area contributed by atoms with Crippen molar-refractivity contribution in [3.05, 3.63) is 95.8 Å². The van der Waals surface area contributed by atoms with Crippen molar-refractivity contribution in [1.29, 1.82) is 0 Å². The Morgan fingerprint density at radius 3 is 2.33 bits per heavy atom. The van der Waals surface area contributed by atoms with E-state index in [1.807, 2.05) is 18.2 Å². The molecule has 1 atom stereocenters. The Bertz CT molecular complexity index is 792. The van der Waals surface area contributed by atoms with E-state index in [4.69, 9.17) is 0 Å². The highest BCUT2D eigenvalue weighted by molar-refractivity contribution is 5.79. The highest BCUT2D eigenvalue weighted by atomic mass is 19.1. The quantitative estimate of drug-likeness (QED) is 0.786. The maximum absolute atomic E-state index is 13.2. The lowest BCUT2D eigenvalue weighted by atomic mass is 9.99. The molecule has 3 aromatic rings. The van der Waals surface area contributed by atoms with Gasteiger partial charge in [-0.2, -0.15) is 0 Å². The summed E-state index contributed by atoms with van der Waals surface area (Å²) in [5, 5.41) is 3.00. The fraction of sp³-hybridized carbons (Fsp3) is 0.105.